The second-order valence-corrected chi connectivity index (χ2v) is 9.34. The fourth-order valence-corrected chi connectivity index (χ4v) is 6.02. The minimum absolute atomic E-state index is 0.189. The van der Waals surface area contributed by atoms with Crippen molar-refractivity contribution in [2.45, 2.75) is 43.3 Å². The second kappa shape index (κ2) is 10.0. The maximum Gasteiger partial charge on any atom is 0.161 e. The lowest BCUT2D eigenvalue weighted by Gasteiger charge is -2.35. The van der Waals surface area contributed by atoms with Gasteiger partial charge in [0.15, 0.2) is 11.5 Å². The first-order valence-electron chi connectivity index (χ1n) is 9.86. The van der Waals surface area contributed by atoms with E-state index in [0.717, 1.165) is 48.3 Å². The van der Waals surface area contributed by atoms with Gasteiger partial charge in [-0.05, 0) is 72.4 Å². The fraction of sp³-hybridized carbons (Fsp3) is 0.478. The predicted octanol–water partition coefficient (Wildman–Crippen LogP) is 6.72. The molecule has 1 atom stereocenters. The van der Waals surface area contributed by atoms with Crippen LogP contribution < -0.4 is 9.47 Å². The van der Waals surface area contributed by atoms with Crippen LogP contribution in [-0.2, 0) is 11.2 Å². The third kappa shape index (κ3) is 4.51. The van der Waals surface area contributed by atoms with Crippen LogP contribution in [0.15, 0.2) is 36.4 Å². The van der Waals surface area contributed by atoms with Gasteiger partial charge in [-0.15, -0.1) is 11.8 Å². The highest BCUT2D eigenvalue weighted by Crippen LogP contribution is 2.52. The topological polar surface area (TPSA) is 18.5 Å². The van der Waals surface area contributed by atoms with Crippen LogP contribution in [0.2, 0.25) is 0 Å². The summed E-state index contributed by atoms with van der Waals surface area (Å²) in [5.41, 5.74) is 3.78. The monoisotopic (exact) mass is 466 g/mol. The Morgan fingerprint density at radius 2 is 1.75 bits per heavy atom. The van der Waals surface area contributed by atoms with E-state index in [4.69, 9.17) is 9.47 Å². The SMILES string of the molecule is COc1cc2c(cc1OC)C(CCCCCBr)(c1ccc(F)cc1)SCCC2. The maximum absolute atomic E-state index is 13.7. The van der Waals surface area contributed by atoms with Gasteiger partial charge in [0.2, 0.25) is 0 Å². The van der Waals surface area contributed by atoms with Crippen LogP contribution in [0.3, 0.4) is 0 Å². The predicted molar refractivity (Wildman–Crippen MR) is 120 cm³/mol. The van der Waals surface area contributed by atoms with E-state index in [-0.39, 0.29) is 10.6 Å². The molecule has 0 spiro atoms. The van der Waals surface area contributed by atoms with E-state index >= 15 is 0 Å². The highest BCUT2D eigenvalue weighted by atomic mass is 79.9. The first kappa shape index (κ1) is 21.5. The van der Waals surface area contributed by atoms with Crippen molar-refractivity contribution in [2.24, 2.45) is 0 Å². The molecular weight excluding hydrogens is 439 g/mol. The van der Waals surface area contributed by atoms with Gasteiger partial charge >= 0.3 is 0 Å². The molecule has 0 aliphatic carbocycles. The average molecular weight is 467 g/mol. The van der Waals surface area contributed by atoms with E-state index in [1.54, 1.807) is 26.4 Å². The molecule has 1 heterocycles. The lowest BCUT2D eigenvalue weighted by atomic mass is 9.82. The highest BCUT2D eigenvalue weighted by molar-refractivity contribution is 9.09. The number of fused-ring (bicyclic) bond motifs is 1. The molecule has 2 aromatic carbocycles. The Morgan fingerprint density at radius 1 is 1.04 bits per heavy atom. The van der Waals surface area contributed by atoms with Gasteiger partial charge in [0.25, 0.3) is 0 Å². The smallest absolute Gasteiger partial charge is 0.161 e. The first-order valence-corrected chi connectivity index (χ1v) is 12.0. The normalized spacial score (nSPS) is 19.0. The summed E-state index contributed by atoms with van der Waals surface area (Å²) in [5, 5.41) is 1.03. The van der Waals surface area contributed by atoms with Crippen LogP contribution in [-0.4, -0.2) is 25.3 Å². The Balaban J connectivity index is 2.13. The average Bonchev–Trinajstić information content (AvgIpc) is 2.90. The van der Waals surface area contributed by atoms with Crippen molar-refractivity contribution in [2.75, 3.05) is 25.3 Å². The highest BCUT2D eigenvalue weighted by Gasteiger charge is 2.38. The summed E-state index contributed by atoms with van der Waals surface area (Å²) in [6.45, 7) is 0. The molecule has 1 aliphatic rings. The van der Waals surface area contributed by atoms with E-state index in [9.17, 15) is 4.39 Å². The minimum Gasteiger partial charge on any atom is -0.493 e. The summed E-state index contributed by atoms with van der Waals surface area (Å²) in [6.07, 6.45) is 6.65. The molecule has 1 aliphatic heterocycles. The molecule has 0 bridgehead atoms. The molecule has 0 amide bonds. The van der Waals surface area contributed by atoms with E-state index < -0.39 is 0 Å². The molecule has 5 heteroatoms. The lowest BCUT2D eigenvalue weighted by molar-refractivity contribution is 0.353. The summed E-state index contributed by atoms with van der Waals surface area (Å²) < 4.78 is 24.7. The van der Waals surface area contributed by atoms with E-state index in [1.807, 2.05) is 23.9 Å². The lowest BCUT2D eigenvalue weighted by Crippen LogP contribution is -2.25. The Morgan fingerprint density at radius 3 is 2.43 bits per heavy atom. The zero-order chi connectivity index (χ0) is 20.0. The van der Waals surface area contributed by atoms with E-state index in [1.165, 1.54) is 29.5 Å². The van der Waals surface area contributed by atoms with Crippen LogP contribution in [0.1, 0.15) is 48.8 Å². The van der Waals surface area contributed by atoms with Gasteiger partial charge in [-0.2, -0.15) is 0 Å². The molecule has 0 radical (unpaired) electrons. The molecule has 0 aromatic heterocycles. The minimum atomic E-state index is -0.190. The first-order chi connectivity index (χ1) is 13.6. The van der Waals surface area contributed by atoms with E-state index in [2.05, 4.69) is 28.1 Å². The van der Waals surface area contributed by atoms with Gasteiger partial charge in [-0.1, -0.05) is 40.9 Å². The zero-order valence-corrected chi connectivity index (χ0v) is 19.0. The number of benzene rings is 2. The van der Waals surface area contributed by atoms with Crippen LogP contribution in [0.5, 0.6) is 11.5 Å². The molecular formula is C23H28BrFO2S. The standard InChI is InChI=1S/C23H28BrFO2S/c1-26-21-15-17-7-6-14-28-23(12-4-3-5-13-24,20(17)16-22(21)27-2)18-8-10-19(25)11-9-18/h8-11,15-16H,3-7,12-14H2,1-2H3. The van der Waals surface area contributed by atoms with Crippen LogP contribution in [0, 0.1) is 5.82 Å². The molecule has 0 N–H and O–H groups in total. The zero-order valence-electron chi connectivity index (χ0n) is 16.6. The second-order valence-electron chi connectivity index (χ2n) is 7.15. The van der Waals surface area contributed by atoms with Crippen molar-refractivity contribution >= 4 is 27.7 Å². The van der Waals surface area contributed by atoms with Crippen molar-refractivity contribution in [1.82, 2.24) is 0 Å². The maximum atomic E-state index is 13.7. The Labute approximate surface area is 180 Å². The largest absolute Gasteiger partial charge is 0.493 e. The van der Waals surface area contributed by atoms with Gasteiger partial charge in [0.05, 0.1) is 19.0 Å². The number of hydrogen-bond acceptors (Lipinski definition) is 3. The van der Waals surface area contributed by atoms with Crippen LogP contribution >= 0.6 is 27.7 Å². The molecule has 3 rings (SSSR count). The summed E-state index contributed by atoms with van der Waals surface area (Å²) in [5.74, 6) is 2.43. The number of aryl methyl sites for hydroxylation is 1. The number of thioether (sulfide) groups is 1. The molecule has 2 nitrogen and oxygen atoms in total. The van der Waals surface area contributed by atoms with Crippen LogP contribution in [0.25, 0.3) is 0 Å². The Hall–Kier alpha value is -1.20. The number of halogens is 2. The third-order valence-electron chi connectivity index (χ3n) is 5.46. The summed E-state index contributed by atoms with van der Waals surface area (Å²) in [4.78, 5) is 0. The molecule has 1 unspecified atom stereocenters. The number of ether oxygens (including phenoxy) is 2. The molecule has 0 fully saturated rings. The number of unbranched alkanes of at least 4 members (excludes halogenated alkanes) is 2. The summed E-state index contributed by atoms with van der Waals surface area (Å²) >= 11 is 5.53. The van der Waals surface area contributed by atoms with Gasteiger partial charge in [0, 0.05) is 5.33 Å². The molecule has 0 saturated heterocycles. The fourth-order valence-electron chi connectivity index (χ4n) is 4.04. The van der Waals surface area contributed by atoms with Crippen LogP contribution in [0.4, 0.5) is 4.39 Å². The molecule has 152 valence electrons. The van der Waals surface area contributed by atoms with E-state index in [0.29, 0.717) is 0 Å². The molecule has 2 aromatic rings. The summed E-state index contributed by atoms with van der Waals surface area (Å²) in [7, 11) is 3.37. The Kier molecular flexibility index (Phi) is 7.69. The van der Waals surface area contributed by atoms with Crippen molar-refractivity contribution in [3.05, 3.63) is 58.9 Å². The quantitative estimate of drug-likeness (QED) is 0.317. The number of alkyl halides is 1. The molecule has 28 heavy (non-hydrogen) atoms. The van der Waals surface area contributed by atoms with Crippen molar-refractivity contribution in [3.63, 3.8) is 0 Å². The van der Waals surface area contributed by atoms with Gasteiger partial charge in [-0.25, -0.2) is 4.39 Å². The van der Waals surface area contributed by atoms with Gasteiger partial charge in [-0.3, -0.25) is 0 Å². The molecule has 0 saturated carbocycles. The number of methoxy groups -OCH3 is 2. The van der Waals surface area contributed by atoms with Crippen molar-refractivity contribution in [1.29, 1.82) is 0 Å². The number of hydrogen-bond donors (Lipinski definition) is 0. The van der Waals surface area contributed by atoms with Gasteiger partial charge in [0.1, 0.15) is 5.82 Å². The van der Waals surface area contributed by atoms with Gasteiger partial charge < -0.3 is 9.47 Å². The van der Waals surface area contributed by atoms with Crippen molar-refractivity contribution in [3.8, 4) is 11.5 Å². The number of rotatable bonds is 8. The third-order valence-corrected chi connectivity index (χ3v) is 7.66. The summed E-state index contributed by atoms with van der Waals surface area (Å²) in [6, 6.07) is 11.4. The van der Waals surface area contributed by atoms with Crippen molar-refractivity contribution < 1.29 is 13.9 Å². The Bertz CT molecular complexity index is 781.